The van der Waals surface area contributed by atoms with E-state index in [9.17, 15) is 9.18 Å². The van der Waals surface area contributed by atoms with Crippen molar-refractivity contribution in [2.24, 2.45) is 0 Å². The topological polar surface area (TPSA) is 38.3 Å². The lowest BCUT2D eigenvalue weighted by Gasteiger charge is -2.42. The Hall–Kier alpha value is -1.45. The van der Waals surface area contributed by atoms with Gasteiger partial charge in [0, 0.05) is 0 Å². The van der Waals surface area contributed by atoms with E-state index in [1.807, 2.05) is 21.8 Å². The molecule has 0 bridgehead atoms. The molecule has 3 nitrogen and oxygen atoms in total. The second kappa shape index (κ2) is 3.53. The summed E-state index contributed by atoms with van der Waals surface area (Å²) < 4.78 is 19.2. The Morgan fingerprint density at radius 1 is 1.33 bits per heavy atom. The van der Waals surface area contributed by atoms with Gasteiger partial charge in [0.25, 0.3) is 0 Å². The summed E-state index contributed by atoms with van der Waals surface area (Å²) >= 11 is 0. The maximum Gasteiger partial charge on any atom is 0.408 e. The van der Waals surface area contributed by atoms with Crippen molar-refractivity contribution in [1.82, 2.24) is 5.32 Å². The average Bonchev–Trinajstić information content (AvgIpc) is 2.68. The molecule has 1 atom stereocenters. The van der Waals surface area contributed by atoms with Crippen molar-refractivity contribution in [2.45, 2.75) is 23.6 Å². The molecule has 1 aliphatic heterocycles. The minimum absolute atomic E-state index is 0.197. The Kier molecular flexibility index (Phi) is 2.28. The van der Waals surface area contributed by atoms with Gasteiger partial charge in [0.2, 0.25) is 0 Å². The van der Waals surface area contributed by atoms with Crippen molar-refractivity contribution >= 4 is 21.8 Å². The molecule has 1 saturated heterocycles. The molecule has 1 N–H and O–H groups in total. The van der Waals surface area contributed by atoms with Crippen molar-refractivity contribution in [3.05, 3.63) is 35.1 Å². The van der Waals surface area contributed by atoms with Crippen LogP contribution in [-0.4, -0.2) is 28.4 Å². The number of carbonyl (C=O) groups excluding carboxylic acids is 1. The number of amides is 1. The molecule has 1 amide bonds. The molecule has 0 saturated carbocycles. The molecule has 1 heterocycles. The van der Waals surface area contributed by atoms with Crippen molar-refractivity contribution in [3.63, 3.8) is 0 Å². The lowest BCUT2D eigenvalue weighted by Crippen LogP contribution is -2.49. The molecule has 92 valence electrons. The predicted molar refractivity (Wildman–Crippen MR) is 70.6 cm³/mol. The third kappa shape index (κ3) is 1.48. The number of halogens is 1. The zero-order valence-corrected chi connectivity index (χ0v) is 10.5. The lowest BCUT2D eigenvalue weighted by molar-refractivity contribution is 0.169. The van der Waals surface area contributed by atoms with Crippen molar-refractivity contribution in [3.8, 4) is 0 Å². The van der Waals surface area contributed by atoms with Crippen LogP contribution in [0.15, 0.2) is 18.2 Å². The zero-order valence-electron chi connectivity index (χ0n) is 10.5. The number of nitrogens with one attached hydrogen (secondary N) is 1. The predicted octanol–water partition coefficient (Wildman–Crippen LogP) is -0.0264. The van der Waals surface area contributed by atoms with E-state index >= 15 is 0 Å². The highest BCUT2D eigenvalue weighted by Gasteiger charge is 2.48. The number of cyclic esters (lactones) is 1. The quantitative estimate of drug-likeness (QED) is 0.652. The molecule has 6 heteroatoms. The number of ether oxygens (including phenoxy) is 1. The highest BCUT2D eigenvalue weighted by molar-refractivity contribution is 6.40. The number of alkyl carbamates (subject to hydrolysis) is 1. The molecule has 1 aromatic carbocycles. The molecule has 2 aliphatic rings. The van der Waals surface area contributed by atoms with Crippen LogP contribution in [0.4, 0.5) is 9.18 Å². The average molecular weight is 245 g/mol. The Morgan fingerprint density at radius 3 is 2.78 bits per heavy atom. The molecule has 1 spiro atoms. The van der Waals surface area contributed by atoms with Crippen LogP contribution in [0.1, 0.15) is 24.0 Å². The van der Waals surface area contributed by atoms with Gasteiger partial charge in [-0.1, -0.05) is 23.8 Å². The summed E-state index contributed by atoms with van der Waals surface area (Å²) in [6.07, 6.45) is 1.19. The second-order valence-electron chi connectivity index (χ2n) is 5.83. The minimum Gasteiger partial charge on any atom is -0.447 e. The van der Waals surface area contributed by atoms with Gasteiger partial charge in [-0.2, -0.15) is 0 Å². The summed E-state index contributed by atoms with van der Waals surface area (Å²) in [5.74, 6) is -0.197. The number of hydrogen-bond acceptors (Lipinski definition) is 2. The Balaban J connectivity index is 2.20. The van der Waals surface area contributed by atoms with E-state index in [0.29, 0.717) is 12.2 Å². The van der Waals surface area contributed by atoms with Crippen LogP contribution in [0.3, 0.4) is 0 Å². The maximum atomic E-state index is 14.1. The highest BCUT2D eigenvalue weighted by atomic mass is 19.1. The monoisotopic (exact) mass is 245 g/mol. The van der Waals surface area contributed by atoms with E-state index in [4.69, 9.17) is 4.74 Å². The summed E-state index contributed by atoms with van der Waals surface area (Å²) in [5, 5.41) is 2.65. The molecule has 0 unspecified atom stereocenters. The fraction of sp³-hybridized carbons (Fsp3) is 0.417. The van der Waals surface area contributed by atoms with Crippen molar-refractivity contribution < 1.29 is 13.9 Å². The molecule has 0 radical (unpaired) electrons. The van der Waals surface area contributed by atoms with E-state index in [1.165, 1.54) is 6.07 Å². The third-order valence-electron chi connectivity index (χ3n) is 4.17. The summed E-state index contributed by atoms with van der Waals surface area (Å²) in [4.78, 5) is 11.3. The standard InChI is InChI=1S/C12H14B2FNO2/c13-12(14)5-4-11(6-18-10(17)16-11)7-2-1-3-8(15)9(7)12/h1-3H,4-6,13-14H2,(H,16,17)/t11-/m1/s1. The van der Waals surface area contributed by atoms with E-state index in [0.717, 1.165) is 18.4 Å². The number of hydrogen-bond donors (Lipinski definition) is 1. The smallest absolute Gasteiger partial charge is 0.408 e. The number of benzene rings is 1. The van der Waals surface area contributed by atoms with Crippen LogP contribution in [0.2, 0.25) is 0 Å². The van der Waals surface area contributed by atoms with Crippen LogP contribution < -0.4 is 5.32 Å². The Labute approximate surface area is 107 Å². The molecule has 1 aliphatic carbocycles. The molecule has 18 heavy (non-hydrogen) atoms. The number of carbonyl (C=O) groups is 1. The van der Waals surface area contributed by atoms with Gasteiger partial charge in [0.1, 0.15) is 33.7 Å². The van der Waals surface area contributed by atoms with E-state index in [2.05, 4.69) is 5.32 Å². The normalized spacial score (nSPS) is 28.6. The van der Waals surface area contributed by atoms with Gasteiger partial charge in [0.15, 0.2) is 0 Å². The summed E-state index contributed by atoms with van der Waals surface area (Å²) in [6.45, 7) is 0.290. The number of rotatable bonds is 0. The van der Waals surface area contributed by atoms with E-state index < -0.39 is 11.6 Å². The van der Waals surface area contributed by atoms with Crippen LogP contribution >= 0.6 is 0 Å². The lowest BCUT2D eigenvalue weighted by atomic mass is 9.44. The van der Waals surface area contributed by atoms with Gasteiger partial charge in [-0.25, -0.2) is 9.18 Å². The van der Waals surface area contributed by atoms with Crippen LogP contribution in [0, 0.1) is 5.82 Å². The van der Waals surface area contributed by atoms with Gasteiger partial charge in [-0.3, -0.25) is 0 Å². The first-order chi connectivity index (χ1) is 8.45. The first-order valence-electron chi connectivity index (χ1n) is 6.19. The van der Waals surface area contributed by atoms with Crippen LogP contribution in [0.5, 0.6) is 0 Å². The first-order valence-corrected chi connectivity index (χ1v) is 6.19. The first kappa shape index (κ1) is 11.6. The Morgan fingerprint density at radius 2 is 2.11 bits per heavy atom. The number of fused-ring (bicyclic) bond motifs is 2. The molecule has 3 rings (SSSR count). The summed E-state index contributed by atoms with van der Waals surface area (Å²) in [7, 11) is 4.08. The van der Waals surface area contributed by atoms with Gasteiger partial charge < -0.3 is 10.1 Å². The summed E-state index contributed by atoms with van der Waals surface area (Å²) in [6, 6.07) is 5.08. The third-order valence-corrected chi connectivity index (χ3v) is 4.17. The van der Waals surface area contributed by atoms with Gasteiger partial charge >= 0.3 is 6.09 Å². The van der Waals surface area contributed by atoms with Crippen molar-refractivity contribution in [1.29, 1.82) is 0 Å². The zero-order chi connectivity index (χ0) is 13.0. The molecule has 0 aromatic heterocycles. The second-order valence-corrected chi connectivity index (χ2v) is 5.83. The van der Waals surface area contributed by atoms with Crippen LogP contribution in [0.25, 0.3) is 0 Å². The largest absolute Gasteiger partial charge is 0.447 e. The molecular formula is C12H14B2FNO2. The summed E-state index contributed by atoms with van der Waals surface area (Å²) in [5.41, 5.74) is 1.04. The van der Waals surface area contributed by atoms with Crippen molar-refractivity contribution in [2.75, 3.05) is 6.61 Å². The Bertz CT molecular complexity index is 535. The fourth-order valence-corrected chi connectivity index (χ4v) is 3.13. The van der Waals surface area contributed by atoms with E-state index in [-0.39, 0.29) is 11.0 Å². The minimum atomic E-state index is -0.538. The van der Waals surface area contributed by atoms with Gasteiger partial charge in [0.05, 0.1) is 0 Å². The molecular weight excluding hydrogens is 231 g/mol. The maximum absolute atomic E-state index is 14.1. The van der Waals surface area contributed by atoms with Gasteiger partial charge in [-0.05, 0) is 23.6 Å². The van der Waals surface area contributed by atoms with Gasteiger partial charge in [-0.15, -0.1) is 0 Å². The SMILES string of the molecule is BC1(B)CC[C@@]2(COC(=O)N2)c2cccc(F)c21. The van der Waals surface area contributed by atoms with Crippen LogP contribution in [-0.2, 0) is 15.5 Å². The molecule has 1 fully saturated rings. The molecule has 1 aromatic rings. The fourth-order valence-electron chi connectivity index (χ4n) is 3.13. The highest BCUT2D eigenvalue weighted by Crippen LogP contribution is 2.44. The van der Waals surface area contributed by atoms with E-state index in [1.54, 1.807) is 6.07 Å².